The van der Waals surface area contributed by atoms with Gasteiger partial charge in [-0.1, -0.05) is 19.3 Å². The molecule has 0 aromatic carbocycles. The Morgan fingerprint density at radius 3 is 2.58 bits per heavy atom. The normalized spacial score (nSPS) is 33.6. The van der Waals surface area contributed by atoms with Crippen molar-refractivity contribution < 1.29 is 9.53 Å². The van der Waals surface area contributed by atoms with Crippen molar-refractivity contribution in [2.24, 2.45) is 11.3 Å². The van der Waals surface area contributed by atoms with E-state index in [9.17, 15) is 10.1 Å². The van der Waals surface area contributed by atoms with Crippen molar-refractivity contribution in [2.45, 2.75) is 63.5 Å². The van der Waals surface area contributed by atoms with Gasteiger partial charge in [-0.05, 0) is 38.0 Å². The molecule has 4 heteroatoms. The second kappa shape index (κ2) is 5.13. The van der Waals surface area contributed by atoms with Crippen LogP contribution >= 0.6 is 0 Å². The van der Waals surface area contributed by atoms with Gasteiger partial charge >= 0.3 is 0 Å². The fraction of sp³-hybridized carbons (Fsp3) is 0.867. The predicted octanol–water partition coefficient (Wildman–Crippen LogP) is 2.14. The van der Waals surface area contributed by atoms with Crippen molar-refractivity contribution in [3.05, 3.63) is 0 Å². The Labute approximate surface area is 114 Å². The maximum absolute atomic E-state index is 12.5. The van der Waals surface area contributed by atoms with E-state index in [1.54, 1.807) is 0 Å². The van der Waals surface area contributed by atoms with Gasteiger partial charge in [0.25, 0.3) is 0 Å². The SMILES string of the molecule is N#CC1(C(=O)NC2CCOC2C2CC2)CCCCC1. The lowest BCUT2D eigenvalue weighted by Gasteiger charge is -2.31. The second-order valence-electron chi connectivity index (χ2n) is 6.30. The lowest BCUT2D eigenvalue weighted by Crippen LogP contribution is -2.49. The smallest absolute Gasteiger partial charge is 0.240 e. The zero-order chi connectivity index (χ0) is 13.3. The summed E-state index contributed by atoms with van der Waals surface area (Å²) in [6.45, 7) is 0.742. The molecule has 1 heterocycles. The van der Waals surface area contributed by atoms with Gasteiger partial charge in [0.2, 0.25) is 5.91 Å². The van der Waals surface area contributed by atoms with E-state index in [-0.39, 0.29) is 18.1 Å². The van der Waals surface area contributed by atoms with Crippen LogP contribution in [0.1, 0.15) is 51.4 Å². The average Bonchev–Trinajstić information content (AvgIpc) is 3.20. The highest BCUT2D eigenvalue weighted by molar-refractivity contribution is 5.85. The standard InChI is InChI=1S/C15H22N2O2/c16-10-15(7-2-1-3-8-15)14(18)17-12-6-9-19-13(12)11-4-5-11/h11-13H,1-9H2,(H,17,18). The molecule has 1 saturated heterocycles. The molecule has 0 aromatic heterocycles. The summed E-state index contributed by atoms with van der Waals surface area (Å²) in [6, 6.07) is 2.43. The minimum absolute atomic E-state index is 0.0455. The molecule has 2 aliphatic carbocycles. The van der Waals surface area contributed by atoms with Crippen LogP contribution in [0.2, 0.25) is 0 Å². The Balaban J connectivity index is 1.64. The quantitative estimate of drug-likeness (QED) is 0.847. The lowest BCUT2D eigenvalue weighted by molar-refractivity contribution is -0.130. The van der Waals surface area contributed by atoms with Gasteiger partial charge < -0.3 is 10.1 Å². The van der Waals surface area contributed by atoms with Crippen LogP contribution in [-0.2, 0) is 9.53 Å². The van der Waals surface area contributed by atoms with E-state index in [4.69, 9.17) is 4.74 Å². The molecular weight excluding hydrogens is 240 g/mol. The molecular formula is C15H22N2O2. The van der Waals surface area contributed by atoms with Crippen LogP contribution < -0.4 is 5.32 Å². The molecule has 2 saturated carbocycles. The van der Waals surface area contributed by atoms with Crippen LogP contribution in [0, 0.1) is 22.7 Å². The first-order valence-electron chi connectivity index (χ1n) is 7.59. The van der Waals surface area contributed by atoms with Gasteiger partial charge in [0.05, 0.1) is 18.2 Å². The summed E-state index contributed by atoms with van der Waals surface area (Å²) in [5.41, 5.74) is -0.769. The van der Waals surface area contributed by atoms with Crippen molar-refractivity contribution in [2.75, 3.05) is 6.61 Å². The van der Waals surface area contributed by atoms with Gasteiger partial charge in [-0.25, -0.2) is 0 Å². The maximum atomic E-state index is 12.5. The minimum atomic E-state index is -0.769. The fourth-order valence-corrected chi connectivity index (χ4v) is 3.51. The minimum Gasteiger partial charge on any atom is -0.376 e. The summed E-state index contributed by atoms with van der Waals surface area (Å²) in [6.07, 6.45) is 8.11. The zero-order valence-electron chi connectivity index (χ0n) is 11.4. The summed E-state index contributed by atoms with van der Waals surface area (Å²) >= 11 is 0. The van der Waals surface area contributed by atoms with Crippen molar-refractivity contribution in [3.63, 3.8) is 0 Å². The molecule has 0 aromatic rings. The Hall–Kier alpha value is -1.08. The summed E-state index contributed by atoms with van der Waals surface area (Å²) in [5, 5.41) is 12.6. The van der Waals surface area contributed by atoms with E-state index in [0.29, 0.717) is 5.92 Å². The topological polar surface area (TPSA) is 62.1 Å². The third-order valence-electron chi connectivity index (χ3n) is 4.89. The summed E-state index contributed by atoms with van der Waals surface area (Å²) in [4.78, 5) is 12.5. The van der Waals surface area contributed by atoms with Gasteiger partial charge in [0.15, 0.2) is 0 Å². The molecule has 2 unspecified atom stereocenters. The van der Waals surface area contributed by atoms with Gasteiger partial charge in [-0.15, -0.1) is 0 Å². The molecule has 3 fully saturated rings. The number of rotatable bonds is 3. The van der Waals surface area contributed by atoms with E-state index in [1.165, 1.54) is 12.8 Å². The zero-order valence-corrected chi connectivity index (χ0v) is 11.4. The Kier molecular flexibility index (Phi) is 3.49. The van der Waals surface area contributed by atoms with Crippen LogP contribution in [0.25, 0.3) is 0 Å². The van der Waals surface area contributed by atoms with Gasteiger partial charge in [0, 0.05) is 6.61 Å². The highest BCUT2D eigenvalue weighted by Crippen LogP contribution is 2.40. The highest BCUT2D eigenvalue weighted by atomic mass is 16.5. The van der Waals surface area contributed by atoms with E-state index in [1.807, 2.05) is 0 Å². The third-order valence-corrected chi connectivity index (χ3v) is 4.89. The number of nitrogens with one attached hydrogen (secondary N) is 1. The Morgan fingerprint density at radius 2 is 1.95 bits per heavy atom. The van der Waals surface area contributed by atoms with Crippen LogP contribution in [0.5, 0.6) is 0 Å². The molecule has 4 nitrogen and oxygen atoms in total. The molecule has 0 radical (unpaired) electrons. The van der Waals surface area contributed by atoms with Gasteiger partial charge in [0.1, 0.15) is 5.41 Å². The van der Waals surface area contributed by atoms with Crippen molar-refractivity contribution in [3.8, 4) is 6.07 Å². The second-order valence-corrected chi connectivity index (χ2v) is 6.30. The van der Waals surface area contributed by atoms with Crippen LogP contribution in [-0.4, -0.2) is 24.7 Å². The van der Waals surface area contributed by atoms with Crippen LogP contribution in [0.4, 0.5) is 0 Å². The van der Waals surface area contributed by atoms with E-state index < -0.39 is 5.41 Å². The van der Waals surface area contributed by atoms with E-state index in [0.717, 1.165) is 45.1 Å². The number of amides is 1. The monoisotopic (exact) mass is 262 g/mol. The third kappa shape index (κ3) is 2.49. The predicted molar refractivity (Wildman–Crippen MR) is 70.1 cm³/mol. The Bertz CT molecular complexity index is 391. The van der Waals surface area contributed by atoms with Crippen LogP contribution in [0.15, 0.2) is 0 Å². The number of ether oxygens (including phenoxy) is 1. The molecule has 1 aliphatic heterocycles. The largest absolute Gasteiger partial charge is 0.376 e. The van der Waals surface area contributed by atoms with Gasteiger partial charge in [-0.3, -0.25) is 4.79 Å². The van der Waals surface area contributed by atoms with Crippen molar-refractivity contribution in [1.82, 2.24) is 5.32 Å². The van der Waals surface area contributed by atoms with Crippen molar-refractivity contribution >= 4 is 5.91 Å². The van der Waals surface area contributed by atoms with E-state index in [2.05, 4.69) is 11.4 Å². The van der Waals surface area contributed by atoms with E-state index >= 15 is 0 Å². The molecule has 1 N–H and O–H groups in total. The summed E-state index contributed by atoms with van der Waals surface area (Å²) in [7, 11) is 0. The summed E-state index contributed by atoms with van der Waals surface area (Å²) in [5.74, 6) is 0.591. The number of nitrogens with zero attached hydrogens (tertiary/aromatic N) is 1. The molecule has 19 heavy (non-hydrogen) atoms. The Morgan fingerprint density at radius 1 is 1.21 bits per heavy atom. The first-order chi connectivity index (χ1) is 9.25. The summed E-state index contributed by atoms with van der Waals surface area (Å²) < 4.78 is 5.75. The molecule has 1 amide bonds. The first kappa shape index (κ1) is 12.9. The molecule has 3 aliphatic rings. The number of carbonyl (C=O) groups is 1. The number of hydrogen-bond acceptors (Lipinski definition) is 3. The molecule has 0 spiro atoms. The molecule has 3 rings (SSSR count). The van der Waals surface area contributed by atoms with Gasteiger partial charge in [-0.2, -0.15) is 5.26 Å². The first-order valence-corrected chi connectivity index (χ1v) is 7.59. The molecule has 104 valence electrons. The molecule has 0 bridgehead atoms. The molecule has 2 atom stereocenters. The fourth-order valence-electron chi connectivity index (χ4n) is 3.51. The lowest BCUT2D eigenvalue weighted by atomic mass is 9.74. The maximum Gasteiger partial charge on any atom is 0.240 e. The average molecular weight is 262 g/mol. The number of hydrogen-bond donors (Lipinski definition) is 1. The number of carbonyl (C=O) groups excluding carboxylic acids is 1. The van der Waals surface area contributed by atoms with Crippen molar-refractivity contribution in [1.29, 1.82) is 5.26 Å². The van der Waals surface area contributed by atoms with Crippen LogP contribution in [0.3, 0.4) is 0 Å². The number of nitriles is 1. The highest BCUT2D eigenvalue weighted by Gasteiger charge is 2.45.